The van der Waals surface area contributed by atoms with Gasteiger partial charge in [-0.3, -0.25) is 9.18 Å². The SMILES string of the molecule is CC1CCC2(C(=O)O)CCC3C(=CCC4C3(C)CCC3C(C)(C)C(C(CF)C(O)C(O)C(O)CO)CCC34C)C2C1. The summed E-state index contributed by atoms with van der Waals surface area (Å²) in [6.45, 7) is 10.2. The third-order valence-corrected chi connectivity index (χ3v) is 14.2. The Morgan fingerprint density at radius 1 is 0.927 bits per heavy atom. The first-order valence-electron chi connectivity index (χ1n) is 16.3. The van der Waals surface area contributed by atoms with Crippen LogP contribution in [0.3, 0.4) is 0 Å². The minimum Gasteiger partial charge on any atom is -0.481 e. The number of rotatable bonds is 7. The largest absolute Gasteiger partial charge is 0.481 e. The van der Waals surface area contributed by atoms with E-state index >= 15 is 0 Å². The fourth-order valence-corrected chi connectivity index (χ4v) is 12.0. The highest BCUT2D eigenvalue weighted by Gasteiger charge is 2.66. The first-order valence-corrected chi connectivity index (χ1v) is 16.3. The zero-order chi connectivity index (χ0) is 30.1. The van der Waals surface area contributed by atoms with Crippen molar-refractivity contribution < 1.29 is 34.7 Å². The number of fused-ring (bicyclic) bond motifs is 7. The Kier molecular flexibility index (Phi) is 8.31. The molecular weight excluding hydrogens is 523 g/mol. The van der Waals surface area contributed by atoms with E-state index < -0.39 is 48.9 Å². The van der Waals surface area contributed by atoms with Crippen LogP contribution in [0.1, 0.15) is 98.8 Å². The van der Waals surface area contributed by atoms with E-state index in [-0.39, 0.29) is 28.1 Å². The third kappa shape index (κ3) is 4.57. The maximum Gasteiger partial charge on any atom is 0.310 e. The molecule has 0 amide bonds. The van der Waals surface area contributed by atoms with Crippen molar-refractivity contribution in [2.75, 3.05) is 13.3 Å². The molecule has 0 aliphatic heterocycles. The Balaban J connectivity index is 1.44. The van der Waals surface area contributed by atoms with Crippen molar-refractivity contribution in [1.29, 1.82) is 0 Å². The quantitative estimate of drug-likeness (QED) is 0.259. The monoisotopic (exact) mass is 578 g/mol. The van der Waals surface area contributed by atoms with Crippen LogP contribution in [-0.4, -0.2) is 63.1 Å². The van der Waals surface area contributed by atoms with E-state index in [9.17, 15) is 34.7 Å². The molecule has 0 aromatic carbocycles. The molecule has 0 aromatic heterocycles. The molecule has 0 saturated heterocycles. The third-order valence-electron chi connectivity index (χ3n) is 14.2. The highest BCUT2D eigenvalue weighted by molar-refractivity contribution is 5.76. The van der Waals surface area contributed by atoms with Crippen LogP contribution in [0.15, 0.2) is 11.6 Å². The van der Waals surface area contributed by atoms with Gasteiger partial charge < -0.3 is 25.5 Å². The first-order chi connectivity index (χ1) is 19.2. The molecule has 6 nitrogen and oxygen atoms in total. The fourth-order valence-electron chi connectivity index (χ4n) is 12.0. The zero-order valence-corrected chi connectivity index (χ0v) is 25.9. The maximum absolute atomic E-state index is 14.6. The van der Waals surface area contributed by atoms with Gasteiger partial charge in [0.1, 0.15) is 12.2 Å². The average molecular weight is 579 g/mol. The van der Waals surface area contributed by atoms with E-state index in [1.165, 1.54) is 5.57 Å². The standard InChI is InChI=1S/C34H55FO6/c1-19-8-14-34(30(40)41)15-10-23-20(24(34)16-19)6-7-27-32(23,4)13-11-26-31(2,3)22(9-12-33(26,27)5)21(17-35)28(38)29(39)25(37)18-36/h6,19,21-29,36-39H,7-18H2,1-5H3,(H,40,41). The predicted molar refractivity (Wildman–Crippen MR) is 156 cm³/mol. The summed E-state index contributed by atoms with van der Waals surface area (Å²) >= 11 is 0. The van der Waals surface area contributed by atoms with Crippen molar-refractivity contribution >= 4 is 5.97 Å². The molecule has 4 saturated carbocycles. The van der Waals surface area contributed by atoms with Gasteiger partial charge in [0.25, 0.3) is 0 Å². The van der Waals surface area contributed by atoms with E-state index in [4.69, 9.17) is 0 Å². The van der Waals surface area contributed by atoms with Crippen LogP contribution >= 0.6 is 0 Å². The number of carbonyl (C=O) groups is 1. The Hall–Kier alpha value is -1.02. The summed E-state index contributed by atoms with van der Waals surface area (Å²) < 4.78 is 14.6. The fraction of sp³-hybridized carbons (Fsp3) is 0.912. The topological polar surface area (TPSA) is 118 Å². The van der Waals surface area contributed by atoms with Gasteiger partial charge in [-0.25, -0.2) is 0 Å². The molecule has 41 heavy (non-hydrogen) atoms. The number of allylic oxidation sites excluding steroid dienone is 2. The number of hydrogen-bond donors (Lipinski definition) is 5. The van der Waals surface area contributed by atoms with Gasteiger partial charge in [0.05, 0.1) is 24.8 Å². The number of aliphatic carboxylic acids is 1. The van der Waals surface area contributed by atoms with Crippen molar-refractivity contribution in [1.82, 2.24) is 0 Å². The molecule has 0 spiro atoms. The highest BCUT2D eigenvalue weighted by Crippen LogP contribution is 2.72. The van der Waals surface area contributed by atoms with Crippen molar-refractivity contribution in [3.63, 3.8) is 0 Å². The summed E-state index contributed by atoms with van der Waals surface area (Å²) in [5, 5.41) is 51.1. The molecule has 4 fully saturated rings. The smallest absolute Gasteiger partial charge is 0.310 e. The predicted octanol–water partition coefficient (Wildman–Crippen LogP) is 5.37. The molecule has 5 aliphatic carbocycles. The van der Waals surface area contributed by atoms with Crippen LogP contribution in [0.2, 0.25) is 0 Å². The lowest BCUT2D eigenvalue weighted by Gasteiger charge is -2.68. The Bertz CT molecular complexity index is 1030. The van der Waals surface area contributed by atoms with E-state index in [0.29, 0.717) is 23.7 Å². The highest BCUT2D eigenvalue weighted by atomic mass is 19.1. The van der Waals surface area contributed by atoms with Gasteiger partial charge in [-0.1, -0.05) is 46.3 Å². The molecule has 7 heteroatoms. The van der Waals surface area contributed by atoms with E-state index in [1.807, 2.05) is 0 Å². The van der Waals surface area contributed by atoms with Gasteiger partial charge in [-0.2, -0.15) is 0 Å². The molecule has 234 valence electrons. The molecule has 5 rings (SSSR count). The van der Waals surface area contributed by atoms with Gasteiger partial charge in [-0.05, 0) is 116 Å². The van der Waals surface area contributed by atoms with Crippen LogP contribution in [0.5, 0.6) is 0 Å². The van der Waals surface area contributed by atoms with Gasteiger partial charge >= 0.3 is 5.97 Å². The summed E-state index contributed by atoms with van der Waals surface area (Å²) in [4.78, 5) is 12.7. The zero-order valence-electron chi connectivity index (χ0n) is 25.9. The van der Waals surface area contributed by atoms with Crippen LogP contribution in [0.25, 0.3) is 0 Å². The lowest BCUT2D eigenvalue weighted by atomic mass is 9.36. The number of hydrogen-bond acceptors (Lipinski definition) is 5. The van der Waals surface area contributed by atoms with Crippen molar-refractivity contribution in [2.24, 2.45) is 63.1 Å². The molecule has 5 aliphatic rings. The second-order valence-corrected chi connectivity index (χ2v) is 16.1. The first kappa shape index (κ1) is 31.4. The summed E-state index contributed by atoms with van der Waals surface area (Å²) in [5.41, 5.74) is 0.685. The van der Waals surface area contributed by atoms with Crippen LogP contribution < -0.4 is 0 Å². The van der Waals surface area contributed by atoms with E-state index in [0.717, 1.165) is 64.2 Å². The van der Waals surface area contributed by atoms with Crippen molar-refractivity contribution in [3.05, 3.63) is 11.6 Å². The Morgan fingerprint density at radius 3 is 2.22 bits per heavy atom. The number of carboxylic acid groups (broad SMARTS) is 1. The number of halogens is 1. The van der Waals surface area contributed by atoms with E-state index in [2.05, 4.69) is 40.7 Å². The minimum absolute atomic E-state index is 0.0330. The molecule has 0 radical (unpaired) electrons. The Morgan fingerprint density at radius 2 is 1.59 bits per heavy atom. The summed E-state index contributed by atoms with van der Waals surface area (Å²) in [6.07, 6.45) is 7.12. The molecule has 5 N–H and O–H groups in total. The van der Waals surface area contributed by atoms with Crippen molar-refractivity contribution in [2.45, 2.75) is 117 Å². The van der Waals surface area contributed by atoms with Crippen LogP contribution in [0, 0.1) is 63.1 Å². The lowest BCUT2D eigenvalue weighted by molar-refractivity contribution is -0.193. The number of carboxylic acids is 1. The molecular formula is C34H55FO6. The molecule has 13 atom stereocenters. The number of alkyl halides is 1. The second kappa shape index (κ2) is 10.9. The summed E-state index contributed by atoms with van der Waals surface area (Å²) in [5.74, 6) is 0.317. The van der Waals surface area contributed by atoms with E-state index in [1.54, 1.807) is 0 Å². The normalized spacial score (nSPS) is 46.4. The summed E-state index contributed by atoms with van der Waals surface area (Å²) in [7, 11) is 0. The minimum atomic E-state index is -1.59. The molecule has 0 aromatic rings. The van der Waals surface area contributed by atoms with Gasteiger partial charge in [-0.15, -0.1) is 0 Å². The van der Waals surface area contributed by atoms with Crippen LogP contribution in [-0.2, 0) is 4.79 Å². The second-order valence-electron chi connectivity index (χ2n) is 16.1. The number of aliphatic hydroxyl groups excluding tert-OH is 4. The molecule has 13 unspecified atom stereocenters. The summed E-state index contributed by atoms with van der Waals surface area (Å²) in [6, 6.07) is 0. The maximum atomic E-state index is 14.6. The van der Waals surface area contributed by atoms with Crippen LogP contribution in [0.4, 0.5) is 4.39 Å². The average Bonchev–Trinajstić information content (AvgIpc) is 2.92. The van der Waals surface area contributed by atoms with Gasteiger partial charge in [0.15, 0.2) is 0 Å². The van der Waals surface area contributed by atoms with Gasteiger partial charge in [0, 0.05) is 5.92 Å². The number of aliphatic hydroxyl groups is 4. The molecule has 0 bridgehead atoms. The lowest BCUT2D eigenvalue weighted by Crippen LogP contribution is -2.62. The van der Waals surface area contributed by atoms with Gasteiger partial charge in [0.2, 0.25) is 0 Å². The Labute approximate surface area is 245 Å². The van der Waals surface area contributed by atoms with Crippen molar-refractivity contribution in [3.8, 4) is 0 Å². The molecule has 0 heterocycles.